The number of rotatable bonds is 4. The lowest BCUT2D eigenvalue weighted by Crippen LogP contribution is -2.56. The number of piperazine rings is 1. The first-order valence-corrected chi connectivity index (χ1v) is 7.76. The van der Waals surface area contributed by atoms with Crippen LogP contribution in [-0.4, -0.2) is 42.3 Å². The van der Waals surface area contributed by atoms with Crippen molar-refractivity contribution in [3.63, 3.8) is 0 Å². The molecule has 0 atom stereocenters. The monoisotopic (exact) mass is 341 g/mol. The number of halogens is 1. The maximum Gasteiger partial charge on any atom is 0.316 e. The Morgan fingerprint density at radius 2 is 1.64 bits per heavy atom. The van der Waals surface area contributed by atoms with Gasteiger partial charge in [-0.05, 0) is 24.3 Å². The average Bonchev–Trinajstić information content (AvgIpc) is 2.62. The van der Waals surface area contributed by atoms with Crippen molar-refractivity contribution >= 4 is 29.1 Å². The molecule has 0 aliphatic carbocycles. The van der Waals surface area contributed by atoms with Crippen LogP contribution in [0.15, 0.2) is 54.6 Å². The Kier molecular flexibility index (Phi) is 4.74. The van der Waals surface area contributed by atoms with Gasteiger partial charge in [-0.25, -0.2) is 4.39 Å². The lowest BCUT2D eigenvalue weighted by atomic mass is 10.2. The van der Waals surface area contributed by atoms with Gasteiger partial charge in [-0.2, -0.15) is 0 Å². The van der Waals surface area contributed by atoms with E-state index in [1.165, 1.54) is 23.1 Å². The smallest absolute Gasteiger partial charge is 0.316 e. The van der Waals surface area contributed by atoms with Crippen molar-refractivity contribution in [3.05, 3.63) is 60.4 Å². The summed E-state index contributed by atoms with van der Waals surface area (Å²) in [6.07, 6.45) is 0. The van der Waals surface area contributed by atoms with Gasteiger partial charge in [-0.3, -0.25) is 14.4 Å². The highest BCUT2D eigenvalue weighted by Gasteiger charge is 2.34. The van der Waals surface area contributed by atoms with Crippen molar-refractivity contribution in [2.24, 2.45) is 0 Å². The van der Waals surface area contributed by atoms with Gasteiger partial charge >= 0.3 is 11.8 Å². The minimum atomic E-state index is -0.751. The zero-order valence-electron chi connectivity index (χ0n) is 13.3. The van der Waals surface area contributed by atoms with E-state index in [2.05, 4.69) is 5.32 Å². The Labute approximate surface area is 143 Å². The van der Waals surface area contributed by atoms with E-state index in [9.17, 15) is 18.8 Å². The molecule has 25 heavy (non-hydrogen) atoms. The Bertz CT molecular complexity index is 810. The normalized spacial score (nSPS) is 14.6. The first-order chi connectivity index (χ1) is 12.1. The largest absolute Gasteiger partial charge is 0.323 e. The van der Waals surface area contributed by atoms with Gasteiger partial charge in [0.05, 0.1) is 5.69 Å². The van der Waals surface area contributed by atoms with E-state index in [4.69, 9.17) is 0 Å². The molecule has 1 N–H and O–H groups in total. The molecule has 1 aliphatic heterocycles. The first kappa shape index (κ1) is 16.6. The number of benzene rings is 2. The van der Waals surface area contributed by atoms with E-state index in [0.29, 0.717) is 12.2 Å². The Morgan fingerprint density at radius 1 is 0.960 bits per heavy atom. The Balaban J connectivity index is 1.63. The Hall–Kier alpha value is -3.22. The number of hydrogen-bond donors (Lipinski definition) is 1. The molecule has 1 fully saturated rings. The molecule has 1 aliphatic rings. The van der Waals surface area contributed by atoms with Crippen LogP contribution in [0.25, 0.3) is 0 Å². The van der Waals surface area contributed by atoms with Gasteiger partial charge in [-0.1, -0.05) is 30.3 Å². The van der Waals surface area contributed by atoms with Crippen LogP contribution >= 0.6 is 0 Å². The summed E-state index contributed by atoms with van der Waals surface area (Å²) in [6.45, 7) is 0.216. The summed E-state index contributed by atoms with van der Waals surface area (Å²) in [7, 11) is 0. The summed E-state index contributed by atoms with van der Waals surface area (Å²) in [6, 6.07) is 14.6. The van der Waals surface area contributed by atoms with Crippen LogP contribution in [0.5, 0.6) is 0 Å². The molecule has 0 bridgehead atoms. The fraction of sp³-hybridized carbons (Fsp3) is 0.167. The van der Waals surface area contributed by atoms with E-state index >= 15 is 0 Å². The van der Waals surface area contributed by atoms with Crippen molar-refractivity contribution in [1.29, 1.82) is 0 Å². The van der Waals surface area contributed by atoms with Crippen LogP contribution in [0.3, 0.4) is 0 Å². The van der Waals surface area contributed by atoms with Crippen molar-refractivity contribution < 1.29 is 18.8 Å². The molecule has 1 heterocycles. The van der Waals surface area contributed by atoms with Gasteiger partial charge < -0.3 is 15.1 Å². The van der Waals surface area contributed by atoms with E-state index in [1.807, 2.05) is 6.07 Å². The van der Waals surface area contributed by atoms with Crippen LogP contribution in [0.4, 0.5) is 15.8 Å². The van der Waals surface area contributed by atoms with Gasteiger partial charge in [0.15, 0.2) is 0 Å². The van der Waals surface area contributed by atoms with E-state index in [-0.39, 0.29) is 18.8 Å². The van der Waals surface area contributed by atoms with Gasteiger partial charge in [0.1, 0.15) is 12.4 Å². The highest BCUT2D eigenvalue weighted by atomic mass is 19.1. The van der Waals surface area contributed by atoms with E-state index in [1.54, 1.807) is 30.3 Å². The highest BCUT2D eigenvalue weighted by molar-refractivity contribution is 6.41. The highest BCUT2D eigenvalue weighted by Crippen LogP contribution is 2.17. The average molecular weight is 341 g/mol. The van der Waals surface area contributed by atoms with E-state index < -0.39 is 23.5 Å². The molecular weight excluding hydrogens is 325 g/mol. The third kappa shape index (κ3) is 3.65. The number of nitrogens with one attached hydrogen (secondary N) is 1. The predicted molar refractivity (Wildman–Crippen MR) is 90.4 cm³/mol. The second kappa shape index (κ2) is 7.12. The van der Waals surface area contributed by atoms with Crippen molar-refractivity contribution in [2.75, 3.05) is 29.9 Å². The number of nitrogens with zero attached hydrogens (tertiary/aromatic N) is 2. The van der Waals surface area contributed by atoms with Gasteiger partial charge in [-0.15, -0.1) is 0 Å². The van der Waals surface area contributed by atoms with Crippen LogP contribution in [-0.2, 0) is 14.4 Å². The van der Waals surface area contributed by atoms with Crippen LogP contribution in [0.1, 0.15) is 0 Å². The number of anilines is 2. The SMILES string of the molecule is O=C(CN1CCN(c2ccccc2)C(=O)C1=O)Nc1ccccc1F. The number of carbonyl (C=O) groups is 3. The summed E-state index contributed by atoms with van der Waals surface area (Å²) in [5.41, 5.74) is 0.672. The lowest BCUT2D eigenvalue weighted by molar-refractivity contribution is -0.147. The molecule has 1 saturated heterocycles. The third-order valence-corrected chi connectivity index (χ3v) is 3.86. The summed E-state index contributed by atoms with van der Waals surface area (Å²) in [4.78, 5) is 39.1. The third-order valence-electron chi connectivity index (χ3n) is 3.86. The second-order valence-electron chi connectivity index (χ2n) is 5.55. The topological polar surface area (TPSA) is 69.7 Å². The molecule has 128 valence electrons. The number of carbonyl (C=O) groups excluding carboxylic acids is 3. The number of para-hydroxylation sites is 2. The molecule has 0 radical (unpaired) electrons. The van der Waals surface area contributed by atoms with Crippen LogP contribution in [0.2, 0.25) is 0 Å². The summed E-state index contributed by atoms with van der Waals surface area (Å²) in [5, 5.41) is 2.40. The predicted octanol–water partition coefficient (Wildman–Crippen LogP) is 1.64. The molecule has 3 amide bonds. The molecule has 7 heteroatoms. The van der Waals surface area contributed by atoms with Crippen molar-refractivity contribution in [2.45, 2.75) is 0 Å². The molecule has 6 nitrogen and oxygen atoms in total. The van der Waals surface area contributed by atoms with Crippen LogP contribution in [0, 0.1) is 5.82 Å². The molecule has 0 spiro atoms. The molecule has 2 aromatic carbocycles. The second-order valence-corrected chi connectivity index (χ2v) is 5.55. The van der Waals surface area contributed by atoms with Gasteiger partial charge in [0, 0.05) is 18.8 Å². The standard InChI is InChI=1S/C18H16FN3O3/c19-14-8-4-5-9-15(14)20-16(23)12-21-10-11-22(18(25)17(21)24)13-6-2-1-3-7-13/h1-9H,10-12H2,(H,20,23). The van der Waals surface area contributed by atoms with Crippen molar-refractivity contribution in [3.8, 4) is 0 Å². The van der Waals surface area contributed by atoms with Crippen molar-refractivity contribution in [1.82, 2.24) is 4.90 Å². The Morgan fingerprint density at radius 3 is 2.36 bits per heavy atom. The van der Waals surface area contributed by atoms with E-state index in [0.717, 1.165) is 4.90 Å². The molecule has 0 saturated carbocycles. The summed E-state index contributed by atoms with van der Waals surface area (Å²) >= 11 is 0. The number of hydrogen-bond acceptors (Lipinski definition) is 3. The lowest BCUT2D eigenvalue weighted by Gasteiger charge is -2.33. The minimum absolute atomic E-state index is 0.0363. The number of amides is 3. The molecule has 0 aromatic heterocycles. The van der Waals surface area contributed by atoms with Gasteiger partial charge in [0.2, 0.25) is 5.91 Å². The molecular formula is C18H16FN3O3. The zero-order chi connectivity index (χ0) is 17.8. The van der Waals surface area contributed by atoms with Crippen LogP contribution < -0.4 is 10.2 Å². The molecule has 3 rings (SSSR count). The fourth-order valence-electron chi connectivity index (χ4n) is 2.61. The summed E-state index contributed by atoms with van der Waals surface area (Å²) in [5.74, 6) is -2.55. The maximum atomic E-state index is 13.6. The minimum Gasteiger partial charge on any atom is -0.323 e. The molecule has 2 aromatic rings. The quantitative estimate of drug-likeness (QED) is 0.860. The van der Waals surface area contributed by atoms with Gasteiger partial charge in [0.25, 0.3) is 0 Å². The fourth-order valence-corrected chi connectivity index (χ4v) is 2.61. The first-order valence-electron chi connectivity index (χ1n) is 7.76. The molecule has 0 unspecified atom stereocenters. The summed E-state index contributed by atoms with van der Waals surface area (Å²) < 4.78 is 13.6. The zero-order valence-corrected chi connectivity index (χ0v) is 13.3. The maximum absolute atomic E-state index is 13.6.